The zero-order chi connectivity index (χ0) is 22.6. The molecular formula is C24H30Cl2N2O2S. The van der Waals surface area contributed by atoms with Gasteiger partial charge in [-0.05, 0) is 67.5 Å². The number of nitrogens with one attached hydrogen (secondary N) is 1. The Bertz CT molecular complexity index is 828. The zero-order valence-electron chi connectivity index (χ0n) is 18.1. The molecule has 0 aromatic heterocycles. The molecule has 0 heterocycles. The van der Waals surface area contributed by atoms with E-state index in [2.05, 4.69) is 12.2 Å². The van der Waals surface area contributed by atoms with E-state index < -0.39 is 6.04 Å². The molecule has 7 heteroatoms. The number of carbonyl (C=O) groups is 2. The predicted molar refractivity (Wildman–Crippen MR) is 131 cm³/mol. The van der Waals surface area contributed by atoms with Crippen LogP contribution in [0.25, 0.3) is 0 Å². The van der Waals surface area contributed by atoms with E-state index in [4.69, 9.17) is 23.2 Å². The molecule has 0 aliphatic carbocycles. The fraction of sp³-hybridized carbons (Fsp3) is 0.417. The van der Waals surface area contributed by atoms with Crippen LogP contribution in [0.2, 0.25) is 10.0 Å². The number of hydrogen-bond acceptors (Lipinski definition) is 3. The molecule has 0 fully saturated rings. The number of benzene rings is 2. The van der Waals surface area contributed by atoms with Gasteiger partial charge in [-0.15, -0.1) is 11.8 Å². The molecule has 0 saturated heterocycles. The van der Waals surface area contributed by atoms with Crippen LogP contribution in [0, 0.1) is 0 Å². The molecule has 0 bridgehead atoms. The van der Waals surface area contributed by atoms with Gasteiger partial charge >= 0.3 is 0 Å². The summed E-state index contributed by atoms with van der Waals surface area (Å²) in [5.41, 5.74) is 0.946. The topological polar surface area (TPSA) is 49.4 Å². The summed E-state index contributed by atoms with van der Waals surface area (Å²) in [5, 5.41) is 4.29. The lowest BCUT2D eigenvalue weighted by Gasteiger charge is -2.29. The molecule has 2 aromatic rings. The summed E-state index contributed by atoms with van der Waals surface area (Å²) in [6.45, 7) is 4.87. The standard InChI is InChI=1S/C24H30Cl2N2O2S/c1-3-4-15-27-24(30)18(2)28(17-19-7-9-20(25)10-8-19)23(29)6-5-16-31-22-13-11-21(26)12-14-22/h7-14,18H,3-6,15-17H2,1-2H3,(H,27,30)/t18-/m1/s1. The molecule has 0 aliphatic heterocycles. The first-order valence-corrected chi connectivity index (χ1v) is 12.3. The number of unbranched alkanes of at least 4 members (excludes halogenated alkanes) is 1. The van der Waals surface area contributed by atoms with Gasteiger partial charge in [0.15, 0.2) is 0 Å². The highest BCUT2D eigenvalue weighted by Crippen LogP contribution is 2.22. The lowest BCUT2D eigenvalue weighted by atomic mass is 10.1. The van der Waals surface area contributed by atoms with E-state index in [-0.39, 0.29) is 11.8 Å². The first kappa shape index (κ1) is 25.6. The number of amides is 2. The van der Waals surface area contributed by atoms with Gasteiger partial charge in [0.05, 0.1) is 0 Å². The van der Waals surface area contributed by atoms with Crippen molar-refractivity contribution in [3.8, 4) is 0 Å². The van der Waals surface area contributed by atoms with Crippen LogP contribution in [0.4, 0.5) is 0 Å². The molecule has 1 atom stereocenters. The molecule has 168 valence electrons. The molecule has 0 unspecified atom stereocenters. The molecule has 2 rings (SSSR count). The van der Waals surface area contributed by atoms with E-state index in [0.29, 0.717) is 29.6 Å². The number of hydrogen-bond donors (Lipinski definition) is 1. The highest BCUT2D eigenvalue weighted by Gasteiger charge is 2.25. The second-order valence-electron chi connectivity index (χ2n) is 7.37. The molecule has 0 spiro atoms. The Morgan fingerprint density at radius 1 is 1.00 bits per heavy atom. The maximum absolute atomic E-state index is 13.0. The molecular weight excluding hydrogens is 451 g/mol. The van der Waals surface area contributed by atoms with Crippen molar-refractivity contribution in [3.05, 3.63) is 64.1 Å². The van der Waals surface area contributed by atoms with Crippen LogP contribution < -0.4 is 5.32 Å². The van der Waals surface area contributed by atoms with E-state index in [1.807, 2.05) is 36.4 Å². The van der Waals surface area contributed by atoms with E-state index in [1.165, 1.54) is 0 Å². The lowest BCUT2D eigenvalue weighted by Crippen LogP contribution is -2.47. The van der Waals surface area contributed by atoms with Gasteiger partial charge in [-0.25, -0.2) is 0 Å². The van der Waals surface area contributed by atoms with Crippen LogP contribution in [0.1, 0.15) is 45.1 Å². The SMILES string of the molecule is CCCCNC(=O)[C@@H](C)N(Cc1ccc(Cl)cc1)C(=O)CCCSc1ccc(Cl)cc1. The van der Waals surface area contributed by atoms with Gasteiger partial charge < -0.3 is 10.2 Å². The quantitative estimate of drug-likeness (QED) is 0.290. The van der Waals surface area contributed by atoms with Crippen LogP contribution in [-0.2, 0) is 16.1 Å². The van der Waals surface area contributed by atoms with Gasteiger partial charge in [0, 0.05) is 34.5 Å². The molecule has 4 nitrogen and oxygen atoms in total. The van der Waals surface area contributed by atoms with Gasteiger partial charge in [-0.3, -0.25) is 9.59 Å². The number of carbonyl (C=O) groups excluding carboxylic acids is 2. The minimum Gasteiger partial charge on any atom is -0.354 e. The zero-order valence-corrected chi connectivity index (χ0v) is 20.4. The Kier molecular flexibility index (Phi) is 11.3. The molecule has 0 saturated carbocycles. The highest BCUT2D eigenvalue weighted by molar-refractivity contribution is 7.99. The Morgan fingerprint density at radius 3 is 2.23 bits per heavy atom. The maximum atomic E-state index is 13.0. The van der Waals surface area contributed by atoms with Crippen molar-refractivity contribution >= 4 is 46.8 Å². The van der Waals surface area contributed by atoms with E-state index in [1.54, 1.807) is 35.7 Å². The minimum atomic E-state index is -0.538. The van der Waals surface area contributed by atoms with Crippen molar-refractivity contribution in [2.75, 3.05) is 12.3 Å². The summed E-state index contributed by atoms with van der Waals surface area (Å²) in [6, 6.07) is 14.5. The second-order valence-corrected chi connectivity index (χ2v) is 9.42. The third kappa shape index (κ3) is 9.14. The summed E-state index contributed by atoms with van der Waals surface area (Å²) in [4.78, 5) is 28.4. The average molecular weight is 481 g/mol. The minimum absolute atomic E-state index is 0.0233. The van der Waals surface area contributed by atoms with Crippen LogP contribution in [0.5, 0.6) is 0 Å². The average Bonchev–Trinajstić information content (AvgIpc) is 2.77. The lowest BCUT2D eigenvalue weighted by molar-refractivity contribution is -0.140. The van der Waals surface area contributed by atoms with Crippen molar-refractivity contribution in [2.45, 2.75) is 57.0 Å². The summed E-state index contributed by atoms with van der Waals surface area (Å²) in [7, 11) is 0. The smallest absolute Gasteiger partial charge is 0.242 e. The first-order chi connectivity index (χ1) is 14.9. The second kappa shape index (κ2) is 13.7. The van der Waals surface area contributed by atoms with Crippen LogP contribution in [0.15, 0.2) is 53.4 Å². The maximum Gasteiger partial charge on any atom is 0.242 e. The number of halogens is 2. The molecule has 31 heavy (non-hydrogen) atoms. The molecule has 1 N–H and O–H groups in total. The first-order valence-electron chi connectivity index (χ1n) is 10.6. The largest absolute Gasteiger partial charge is 0.354 e. The monoisotopic (exact) mass is 480 g/mol. The molecule has 2 aromatic carbocycles. The number of thioether (sulfide) groups is 1. The normalized spacial score (nSPS) is 11.7. The fourth-order valence-electron chi connectivity index (χ4n) is 2.99. The highest BCUT2D eigenvalue weighted by atomic mass is 35.5. The van der Waals surface area contributed by atoms with E-state index in [9.17, 15) is 9.59 Å². The third-order valence-corrected chi connectivity index (χ3v) is 6.48. The van der Waals surface area contributed by atoms with E-state index in [0.717, 1.165) is 35.5 Å². The van der Waals surface area contributed by atoms with Gasteiger partial charge in [-0.2, -0.15) is 0 Å². The molecule has 2 amide bonds. The van der Waals surface area contributed by atoms with Gasteiger partial charge in [0.25, 0.3) is 0 Å². The number of rotatable bonds is 12. The summed E-state index contributed by atoms with van der Waals surface area (Å²) < 4.78 is 0. The van der Waals surface area contributed by atoms with E-state index >= 15 is 0 Å². The Labute approximate surface area is 199 Å². The van der Waals surface area contributed by atoms with Crippen molar-refractivity contribution in [2.24, 2.45) is 0 Å². The Hall–Kier alpha value is -1.69. The van der Waals surface area contributed by atoms with Crippen LogP contribution in [0.3, 0.4) is 0 Å². The van der Waals surface area contributed by atoms with Crippen LogP contribution in [-0.4, -0.2) is 35.1 Å². The fourth-order valence-corrected chi connectivity index (χ4v) is 4.10. The van der Waals surface area contributed by atoms with Crippen molar-refractivity contribution in [1.29, 1.82) is 0 Å². The van der Waals surface area contributed by atoms with Crippen molar-refractivity contribution in [3.63, 3.8) is 0 Å². The predicted octanol–water partition coefficient (Wildman–Crippen LogP) is 6.20. The number of nitrogens with zero attached hydrogens (tertiary/aromatic N) is 1. The Balaban J connectivity index is 1.96. The van der Waals surface area contributed by atoms with Crippen LogP contribution >= 0.6 is 35.0 Å². The van der Waals surface area contributed by atoms with Gasteiger partial charge in [0.1, 0.15) is 6.04 Å². The third-order valence-electron chi connectivity index (χ3n) is 4.88. The van der Waals surface area contributed by atoms with Crippen molar-refractivity contribution in [1.82, 2.24) is 10.2 Å². The summed E-state index contributed by atoms with van der Waals surface area (Å²) >= 11 is 13.6. The Morgan fingerprint density at radius 2 is 1.61 bits per heavy atom. The summed E-state index contributed by atoms with van der Waals surface area (Å²) in [5.74, 6) is 0.676. The molecule has 0 aliphatic rings. The molecule has 0 radical (unpaired) electrons. The van der Waals surface area contributed by atoms with Crippen molar-refractivity contribution < 1.29 is 9.59 Å². The van der Waals surface area contributed by atoms with Gasteiger partial charge in [-0.1, -0.05) is 48.7 Å². The summed E-state index contributed by atoms with van der Waals surface area (Å²) in [6.07, 6.45) is 3.05. The van der Waals surface area contributed by atoms with Gasteiger partial charge in [0.2, 0.25) is 11.8 Å².